The molecule has 0 bridgehead atoms. The first-order chi connectivity index (χ1) is 6.76. The summed E-state index contributed by atoms with van der Waals surface area (Å²) in [4.78, 5) is 11.3. The lowest BCUT2D eigenvalue weighted by molar-refractivity contribution is -0.121. The fourth-order valence-electron chi connectivity index (χ4n) is 1.79. The molecule has 82 valence electrons. The van der Waals surface area contributed by atoms with E-state index in [0.717, 1.165) is 25.7 Å². The van der Waals surface area contributed by atoms with Gasteiger partial charge in [-0.3, -0.25) is 8.32 Å². The Kier molecular flexibility index (Phi) is 5.73. The van der Waals surface area contributed by atoms with Gasteiger partial charge in [-0.1, -0.05) is 0 Å². The summed E-state index contributed by atoms with van der Waals surface area (Å²) >= 11 is 2.21. The second kappa shape index (κ2) is 6.58. The van der Waals surface area contributed by atoms with Crippen molar-refractivity contribution < 1.29 is 4.79 Å². The molecule has 0 heterocycles. The van der Waals surface area contributed by atoms with Gasteiger partial charge in [-0.05, 0) is 32.7 Å². The first-order valence-electron chi connectivity index (χ1n) is 5.06. The second-order valence-corrected chi connectivity index (χ2v) is 4.38. The summed E-state index contributed by atoms with van der Waals surface area (Å²) in [5.41, 5.74) is 0. The molecule has 0 spiro atoms. The fourth-order valence-corrected chi connectivity index (χ4v) is 2.41. The average Bonchev–Trinajstić information content (AvgIpc) is 2.19. The predicted molar refractivity (Wildman–Crippen MR) is 65.3 cm³/mol. The number of hydrogen-bond donors (Lipinski definition) is 3. The van der Waals surface area contributed by atoms with Crippen LogP contribution in [0.1, 0.15) is 25.7 Å². The Hall–Kier alpha value is 0.120. The van der Waals surface area contributed by atoms with Crippen molar-refractivity contribution in [3.05, 3.63) is 0 Å². The van der Waals surface area contributed by atoms with Gasteiger partial charge in [-0.2, -0.15) is 0 Å². The molecule has 0 saturated heterocycles. The summed E-state index contributed by atoms with van der Waals surface area (Å²) < 4.78 is 3.25. The number of hydrogen-bond acceptors (Lipinski definition) is 3. The third kappa shape index (κ3) is 4.10. The highest BCUT2D eigenvalue weighted by Gasteiger charge is 2.21. The van der Waals surface area contributed by atoms with Crippen molar-refractivity contribution in [3.8, 4) is 0 Å². The predicted octanol–water partition coefficient (Wildman–Crippen LogP) is 0.573. The molecule has 0 unspecified atom stereocenters. The van der Waals surface area contributed by atoms with Crippen LogP contribution in [0.3, 0.4) is 0 Å². The van der Waals surface area contributed by atoms with E-state index in [0.29, 0.717) is 18.6 Å². The SMILES string of the molecule is CNCC(=O)NC1CCC(NI)CC1. The lowest BCUT2D eigenvalue weighted by Crippen LogP contribution is -2.43. The van der Waals surface area contributed by atoms with Gasteiger partial charge in [-0.25, -0.2) is 0 Å². The van der Waals surface area contributed by atoms with Crippen LogP contribution in [-0.2, 0) is 4.79 Å². The van der Waals surface area contributed by atoms with E-state index in [-0.39, 0.29) is 5.91 Å². The van der Waals surface area contributed by atoms with Gasteiger partial charge in [0.15, 0.2) is 0 Å². The Bertz CT molecular complexity index is 181. The first kappa shape index (κ1) is 12.2. The number of halogens is 1. The maximum Gasteiger partial charge on any atom is 0.234 e. The van der Waals surface area contributed by atoms with E-state index in [1.54, 1.807) is 7.05 Å². The van der Waals surface area contributed by atoms with E-state index < -0.39 is 0 Å². The van der Waals surface area contributed by atoms with E-state index >= 15 is 0 Å². The summed E-state index contributed by atoms with van der Waals surface area (Å²) in [6.07, 6.45) is 4.51. The molecule has 0 aromatic heterocycles. The van der Waals surface area contributed by atoms with E-state index in [2.05, 4.69) is 37.0 Å². The van der Waals surface area contributed by atoms with Crippen molar-refractivity contribution in [1.82, 2.24) is 14.2 Å². The quantitative estimate of drug-likeness (QED) is 0.526. The maximum atomic E-state index is 11.3. The molecular weight excluding hydrogens is 293 g/mol. The molecule has 14 heavy (non-hydrogen) atoms. The number of carbonyl (C=O) groups excluding carboxylic acids is 1. The standard InChI is InChI=1S/C9H18IN3O/c1-11-6-9(14)12-7-2-4-8(13-10)5-3-7/h7-8,11,13H,2-6H2,1H3,(H,12,14). The third-order valence-corrected chi connectivity index (χ3v) is 3.46. The molecule has 0 aromatic carbocycles. The van der Waals surface area contributed by atoms with Crippen LogP contribution in [0.4, 0.5) is 0 Å². The lowest BCUT2D eigenvalue weighted by atomic mass is 9.92. The molecule has 0 atom stereocenters. The average molecular weight is 311 g/mol. The largest absolute Gasteiger partial charge is 0.352 e. The Morgan fingerprint density at radius 1 is 1.29 bits per heavy atom. The number of rotatable bonds is 4. The zero-order chi connectivity index (χ0) is 10.4. The summed E-state index contributed by atoms with van der Waals surface area (Å²) in [5, 5.41) is 5.88. The number of nitrogens with one attached hydrogen (secondary N) is 3. The molecule has 0 aromatic rings. The Labute approximate surface area is 99.1 Å². The molecule has 1 rings (SSSR count). The van der Waals surface area contributed by atoms with E-state index in [9.17, 15) is 4.79 Å². The molecule has 5 heteroatoms. The highest BCUT2D eigenvalue weighted by atomic mass is 127. The van der Waals surface area contributed by atoms with Crippen molar-refractivity contribution in [3.63, 3.8) is 0 Å². The van der Waals surface area contributed by atoms with Crippen LogP contribution in [0.15, 0.2) is 0 Å². The summed E-state index contributed by atoms with van der Waals surface area (Å²) in [7, 11) is 1.79. The van der Waals surface area contributed by atoms with Gasteiger partial charge >= 0.3 is 0 Å². The van der Waals surface area contributed by atoms with Crippen LogP contribution in [0.25, 0.3) is 0 Å². The Morgan fingerprint density at radius 3 is 2.36 bits per heavy atom. The molecule has 1 aliphatic carbocycles. The smallest absolute Gasteiger partial charge is 0.234 e. The number of likely N-dealkylation sites (N-methyl/N-ethyl adjacent to an activating group) is 1. The molecular formula is C9H18IN3O. The molecule has 1 fully saturated rings. The second-order valence-electron chi connectivity index (χ2n) is 3.76. The minimum atomic E-state index is 0.110. The highest BCUT2D eigenvalue weighted by molar-refractivity contribution is 14.1. The monoisotopic (exact) mass is 311 g/mol. The molecule has 0 radical (unpaired) electrons. The van der Waals surface area contributed by atoms with Gasteiger partial charge in [0.05, 0.1) is 6.54 Å². The van der Waals surface area contributed by atoms with Crippen molar-refractivity contribution in [1.29, 1.82) is 0 Å². The van der Waals surface area contributed by atoms with Gasteiger partial charge in [-0.15, -0.1) is 0 Å². The van der Waals surface area contributed by atoms with Crippen LogP contribution in [-0.4, -0.2) is 31.6 Å². The van der Waals surface area contributed by atoms with Crippen LogP contribution < -0.4 is 14.2 Å². The van der Waals surface area contributed by atoms with Crippen molar-refractivity contribution in [2.24, 2.45) is 0 Å². The van der Waals surface area contributed by atoms with Crippen molar-refractivity contribution in [2.75, 3.05) is 13.6 Å². The van der Waals surface area contributed by atoms with Gasteiger partial charge in [0, 0.05) is 34.9 Å². The molecule has 1 aliphatic rings. The van der Waals surface area contributed by atoms with Crippen LogP contribution in [0.2, 0.25) is 0 Å². The normalized spacial score (nSPS) is 27.3. The van der Waals surface area contributed by atoms with Crippen molar-refractivity contribution >= 4 is 28.8 Å². The van der Waals surface area contributed by atoms with Gasteiger partial charge < -0.3 is 10.6 Å². The topological polar surface area (TPSA) is 53.2 Å². The van der Waals surface area contributed by atoms with E-state index in [1.807, 2.05) is 0 Å². The maximum absolute atomic E-state index is 11.3. The third-order valence-electron chi connectivity index (χ3n) is 2.58. The van der Waals surface area contributed by atoms with Gasteiger partial charge in [0.1, 0.15) is 0 Å². The molecule has 0 aliphatic heterocycles. The number of amides is 1. The summed E-state index contributed by atoms with van der Waals surface area (Å²) in [6.45, 7) is 0.421. The minimum Gasteiger partial charge on any atom is -0.352 e. The zero-order valence-electron chi connectivity index (χ0n) is 8.48. The summed E-state index contributed by atoms with van der Waals surface area (Å²) in [6, 6.07) is 1.02. The Balaban J connectivity index is 2.18. The molecule has 1 amide bonds. The van der Waals surface area contributed by atoms with E-state index in [1.165, 1.54) is 0 Å². The van der Waals surface area contributed by atoms with Crippen LogP contribution >= 0.6 is 22.9 Å². The fraction of sp³-hybridized carbons (Fsp3) is 0.889. The Morgan fingerprint density at radius 2 is 1.86 bits per heavy atom. The van der Waals surface area contributed by atoms with Gasteiger partial charge in [0.2, 0.25) is 5.91 Å². The molecule has 4 nitrogen and oxygen atoms in total. The minimum absolute atomic E-state index is 0.110. The molecule has 3 N–H and O–H groups in total. The number of carbonyl (C=O) groups is 1. The summed E-state index contributed by atoms with van der Waals surface area (Å²) in [5.74, 6) is 0.110. The van der Waals surface area contributed by atoms with E-state index in [4.69, 9.17) is 0 Å². The van der Waals surface area contributed by atoms with Crippen LogP contribution in [0, 0.1) is 0 Å². The van der Waals surface area contributed by atoms with Crippen molar-refractivity contribution in [2.45, 2.75) is 37.8 Å². The lowest BCUT2D eigenvalue weighted by Gasteiger charge is -2.28. The highest BCUT2D eigenvalue weighted by Crippen LogP contribution is 2.19. The first-order valence-corrected chi connectivity index (χ1v) is 6.14. The van der Waals surface area contributed by atoms with Crippen LogP contribution in [0.5, 0.6) is 0 Å². The molecule has 1 saturated carbocycles. The zero-order valence-corrected chi connectivity index (χ0v) is 10.6. The van der Waals surface area contributed by atoms with Gasteiger partial charge in [0.25, 0.3) is 0 Å².